The van der Waals surface area contributed by atoms with Gasteiger partial charge in [0.15, 0.2) is 0 Å². The van der Waals surface area contributed by atoms with Crippen LogP contribution in [0.1, 0.15) is 36.9 Å². The quantitative estimate of drug-likeness (QED) is 0.593. The third kappa shape index (κ3) is 3.49. The number of methoxy groups -OCH3 is 1. The lowest BCUT2D eigenvalue weighted by Gasteiger charge is -2.25. The van der Waals surface area contributed by atoms with E-state index in [0.29, 0.717) is 5.56 Å². The van der Waals surface area contributed by atoms with Gasteiger partial charge in [-0.05, 0) is 30.5 Å². The Hall–Kier alpha value is -0.970. The average molecular weight is 240 g/mol. The molecule has 1 rings (SSSR count). The first-order valence-corrected chi connectivity index (χ1v) is 5.89. The largest absolute Gasteiger partial charge is 0.379 e. The lowest BCUT2D eigenvalue weighted by molar-refractivity contribution is 0.0606. The van der Waals surface area contributed by atoms with Gasteiger partial charge in [0, 0.05) is 7.11 Å². The Kier molecular flexibility index (Phi) is 5.55. The molecule has 3 N–H and O–H groups in total. The van der Waals surface area contributed by atoms with E-state index in [9.17, 15) is 4.39 Å². The molecule has 0 saturated heterocycles. The summed E-state index contributed by atoms with van der Waals surface area (Å²) in [5, 5.41) is 0. The summed E-state index contributed by atoms with van der Waals surface area (Å²) in [6, 6.07) is 4.91. The van der Waals surface area contributed by atoms with Crippen LogP contribution in [0.25, 0.3) is 0 Å². The van der Waals surface area contributed by atoms with E-state index in [1.807, 2.05) is 6.07 Å². The molecule has 4 heteroatoms. The molecular weight excluding hydrogens is 219 g/mol. The zero-order chi connectivity index (χ0) is 12.8. The van der Waals surface area contributed by atoms with Gasteiger partial charge < -0.3 is 4.74 Å². The number of halogens is 1. The lowest BCUT2D eigenvalue weighted by Crippen LogP contribution is -2.37. The molecule has 0 spiro atoms. The first-order chi connectivity index (χ1) is 8.13. The van der Waals surface area contributed by atoms with E-state index in [1.165, 1.54) is 6.07 Å². The summed E-state index contributed by atoms with van der Waals surface area (Å²) in [7, 11) is 1.67. The van der Waals surface area contributed by atoms with Crippen LogP contribution >= 0.6 is 0 Å². The van der Waals surface area contributed by atoms with Crippen molar-refractivity contribution in [3.8, 4) is 0 Å². The van der Waals surface area contributed by atoms with E-state index in [2.05, 4.69) is 12.3 Å². The van der Waals surface area contributed by atoms with E-state index in [-0.39, 0.29) is 18.0 Å². The number of nitrogens with two attached hydrogens (primary N) is 1. The van der Waals surface area contributed by atoms with Crippen LogP contribution in [0.15, 0.2) is 18.2 Å². The maximum Gasteiger partial charge on any atom is 0.126 e. The minimum absolute atomic E-state index is 0.00476. The van der Waals surface area contributed by atoms with E-state index < -0.39 is 0 Å². The molecular formula is C13H21FN2O. The van der Waals surface area contributed by atoms with Gasteiger partial charge in [0.1, 0.15) is 5.82 Å². The van der Waals surface area contributed by atoms with Crippen molar-refractivity contribution >= 4 is 0 Å². The maximum atomic E-state index is 13.2. The molecule has 96 valence electrons. The van der Waals surface area contributed by atoms with Gasteiger partial charge in [0.25, 0.3) is 0 Å². The van der Waals surface area contributed by atoms with Crippen molar-refractivity contribution < 1.29 is 9.13 Å². The van der Waals surface area contributed by atoms with Gasteiger partial charge in [-0.1, -0.05) is 25.5 Å². The fraction of sp³-hybridized carbons (Fsp3) is 0.538. The summed E-state index contributed by atoms with van der Waals surface area (Å²) in [5.41, 5.74) is 4.32. The monoisotopic (exact) mass is 240 g/mol. The molecule has 1 aromatic rings. The van der Waals surface area contributed by atoms with Crippen molar-refractivity contribution in [2.24, 2.45) is 5.84 Å². The number of hydrazine groups is 1. The first kappa shape index (κ1) is 14.1. The summed E-state index contributed by atoms with van der Waals surface area (Å²) in [6.07, 6.45) is 1.91. The number of hydrogen-bond donors (Lipinski definition) is 2. The number of benzene rings is 1. The maximum absolute atomic E-state index is 13.2. The molecule has 0 aliphatic carbocycles. The molecule has 0 bridgehead atoms. The van der Waals surface area contributed by atoms with Crippen LogP contribution in [0.4, 0.5) is 4.39 Å². The van der Waals surface area contributed by atoms with E-state index >= 15 is 0 Å². The third-order valence-electron chi connectivity index (χ3n) is 2.97. The highest BCUT2D eigenvalue weighted by molar-refractivity contribution is 5.27. The molecule has 2 unspecified atom stereocenters. The molecule has 3 nitrogen and oxygen atoms in total. The normalized spacial score (nSPS) is 14.6. The zero-order valence-corrected chi connectivity index (χ0v) is 10.7. The Morgan fingerprint density at radius 3 is 2.65 bits per heavy atom. The Morgan fingerprint density at radius 2 is 2.18 bits per heavy atom. The fourth-order valence-corrected chi connectivity index (χ4v) is 1.98. The van der Waals surface area contributed by atoms with E-state index in [0.717, 1.165) is 18.4 Å². The highest BCUT2D eigenvalue weighted by atomic mass is 19.1. The summed E-state index contributed by atoms with van der Waals surface area (Å²) in [4.78, 5) is 0. The molecule has 0 saturated carbocycles. The molecule has 0 heterocycles. The molecule has 2 atom stereocenters. The molecule has 0 fully saturated rings. The van der Waals surface area contributed by atoms with Gasteiger partial charge in [0.2, 0.25) is 0 Å². The van der Waals surface area contributed by atoms with Crippen LogP contribution in [-0.2, 0) is 4.74 Å². The van der Waals surface area contributed by atoms with Crippen molar-refractivity contribution in [1.82, 2.24) is 5.43 Å². The summed E-state index contributed by atoms with van der Waals surface area (Å²) >= 11 is 0. The third-order valence-corrected chi connectivity index (χ3v) is 2.97. The second-order valence-corrected chi connectivity index (χ2v) is 4.22. The van der Waals surface area contributed by atoms with E-state index in [4.69, 9.17) is 10.6 Å². The number of rotatable bonds is 6. The second kappa shape index (κ2) is 6.69. The van der Waals surface area contributed by atoms with Gasteiger partial charge in [-0.15, -0.1) is 0 Å². The van der Waals surface area contributed by atoms with Gasteiger partial charge in [0.05, 0.1) is 12.1 Å². The number of ether oxygens (including phenoxy) is 1. The highest BCUT2D eigenvalue weighted by Crippen LogP contribution is 2.23. The first-order valence-electron chi connectivity index (χ1n) is 5.89. The Morgan fingerprint density at radius 1 is 1.47 bits per heavy atom. The van der Waals surface area contributed by atoms with Crippen LogP contribution < -0.4 is 11.3 Å². The lowest BCUT2D eigenvalue weighted by atomic mass is 9.97. The van der Waals surface area contributed by atoms with Crippen molar-refractivity contribution in [1.29, 1.82) is 0 Å². The predicted octanol–water partition coefficient (Wildman–Crippen LogP) is 2.45. The van der Waals surface area contributed by atoms with Crippen LogP contribution in [-0.4, -0.2) is 13.2 Å². The predicted molar refractivity (Wildman–Crippen MR) is 66.9 cm³/mol. The molecule has 0 amide bonds. The van der Waals surface area contributed by atoms with Crippen LogP contribution in [0, 0.1) is 12.7 Å². The van der Waals surface area contributed by atoms with Gasteiger partial charge in [-0.3, -0.25) is 11.3 Å². The minimum atomic E-state index is -0.200. The summed E-state index contributed by atoms with van der Waals surface area (Å²) in [5.74, 6) is 5.38. The smallest absolute Gasteiger partial charge is 0.126 e. The average Bonchev–Trinajstić information content (AvgIpc) is 2.33. The number of aryl methyl sites for hydroxylation is 1. The molecule has 0 radical (unpaired) electrons. The van der Waals surface area contributed by atoms with Crippen molar-refractivity contribution in [2.75, 3.05) is 7.11 Å². The summed E-state index contributed by atoms with van der Waals surface area (Å²) in [6.45, 7) is 3.84. The Bertz CT molecular complexity index is 357. The number of hydrogen-bond acceptors (Lipinski definition) is 3. The SMILES string of the molecule is CCCC(OC)C(NN)c1ccc(F)c(C)c1. The van der Waals surface area contributed by atoms with Crippen LogP contribution in [0.5, 0.6) is 0 Å². The second-order valence-electron chi connectivity index (χ2n) is 4.22. The Balaban J connectivity index is 2.95. The minimum Gasteiger partial charge on any atom is -0.379 e. The van der Waals surface area contributed by atoms with Crippen LogP contribution in [0.3, 0.4) is 0 Å². The van der Waals surface area contributed by atoms with Crippen molar-refractivity contribution in [3.05, 3.63) is 35.1 Å². The number of nitrogens with one attached hydrogen (secondary N) is 1. The zero-order valence-electron chi connectivity index (χ0n) is 10.7. The molecule has 0 aliphatic heterocycles. The molecule has 0 aliphatic rings. The standard InChI is InChI=1S/C13H21FN2O/c1-4-5-12(17-3)13(16-15)10-6-7-11(14)9(2)8-10/h6-8,12-13,16H,4-5,15H2,1-3H3. The molecule has 17 heavy (non-hydrogen) atoms. The molecule has 1 aromatic carbocycles. The fourth-order valence-electron chi connectivity index (χ4n) is 1.98. The molecule has 0 aromatic heterocycles. The van der Waals surface area contributed by atoms with Crippen molar-refractivity contribution in [2.45, 2.75) is 38.8 Å². The van der Waals surface area contributed by atoms with Gasteiger partial charge in [-0.25, -0.2) is 4.39 Å². The van der Waals surface area contributed by atoms with Crippen molar-refractivity contribution in [3.63, 3.8) is 0 Å². The van der Waals surface area contributed by atoms with Gasteiger partial charge >= 0.3 is 0 Å². The van der Waals surface area contributed by atoms with Crippen LogP contribution in [0.2, 0.25) is 0 Å². The van der Waals surface area contributed by atoms with E-state index in [1.54, 1.807) is 20.1 Å². The van der Waals surface area contributed by atoms with Gasteiger partial charge in [-0.2, -0.15) is 0 Å². The summed E-state index contributed by atoms with van der Waals surface area (Å²) < 4.78 is 18.6. The topological polar surface area (TPSA) is 47.3 Å². The highest BCUT2D eigenvalue weighted by Gasteiger charge is 2.21. The Labute approximate surface area is 102 Å².